The number of amides is 4. The van der Waals surface area contributed by atoms with E-state index in [0.29, 0.717) is 12.0 Å². The van der Waals surface area contributed by atoms with Crippen LogP contribution in [0.4, 0.5) is 5.69 Å². The molecule has 0 bridgehead atoms. The summed E-state index contributed by atoms with van der Waals surface area (Å²) in [5.41, 5.74) is 3.12. The van der Waals surface area contributed by atoms with E-state index in [1.807, 2.05) is 17.1 Å². The summed E-state index contributed by atoms with van der Waals surface area (Å²) in [5, 5.41) is 10.1. The molecule has 0 spiro atoms. The number of carbonyl (C=O) groups excluding carboxylic acids is 4. The molecule has 1 saturated heterocycles. The minimum Gasteiger partial charge on any atom is -0.385 e. The van der Waals surface area contributed by atoms with Crippen LogP contribution in [-0.2, 0) is 9.59 Å². The zero-order chi connectivity index (χ0) is 26.2. The van der Waals surface area contributed by atoms with E-state index in [2.05, 4.69) is 25.7 Å². The third kappa shape index (κ3) is 4.44. The van der Waals surface area contributed by atoms with Crippen molar-refractivity contribution in [2.24, 2.45) is 5.92 Å². The molecule has 38 heavy (non-hydrogen) atoms. The van der Waals surface area contributed by atoms with E-state index in [1.165, 1.54) is 0 Å². The van der Waals surface area contributed by atoms with Crippen molar-refractivity contribution < 1.29 is 19.2 Å². The highest BCUT2D eigenvalue weighted by atomic mass is 16.2. The predicted molar refractivity (Wildman–Crippen MR) is 136 cm³/mol. The normalized spacial score (nSPS) is 22.7. The average Bonchev–Trinajstić information content (AvgIpc) is 3.47. The molecule has 1 unspecified atom stereocenters. The van der Waals surface area contributed by atoms with Gasteiger partial charge in [0.1, 0.15) is 6.04 Å². The number of hydrogen-bond donors (Lipinski definition) is 2. The van der Waals surface area contributed by atoms with Gasteiger partial charge in [0.2, 0.25) is 11.8 Å². The largest absolute Gasteiger partial charge is 0.385 e. The Morgan fingerprint density at radius 3 is 2.66 bits per heavy atom. The number of nitrogens with one attached hydrogen (secondary N) is 2. The first-order valence-corrected chi connectivity index (χ1v) is 12.9. The molecule has 6 rings (SSSR count). The Kier molecular flexibility index (Phi) is 6.18. The molecule has 1 atom stereocenters. The van der Waals surface area contributed by atoms with E-state index in [0.717, 1.165) is 54.1 Å². The van der Waals surface area contributed by atoms with Crippen molar-refractivity contribution in [1.82, 2.24) is 30.0 Å². The lowest BCUT2D eigenvalue weighted by Crippen LogP contribution is -2.54. The second-order valence-electron chi connectivity index (χ2n) is 10.1. The number of piperidine rings is 1. The lowest BCUT2D eigenvalue weighted by atomic mass is 9.77. The van der Waals surface area contributed by atoms with E-state index in [1.54, 1.807) is 36.8 Å². The maximum atomic E-state index is 13.0. The van der Waals surface area contributed by atoms with Crippen molar-refractivity contribution in [2.45, 2.75) is 50.6 Å². The van der Waals surface area contributed by atoms with Gasteiger partial charge in [0.15, 0.2) is 0 Å². The number of nitrogens with zero attached hydrogens (tertiary/aromatic N) is 5. The van der Waals surface area contributed by atoms with Gasteiger partial charge in [-0.05, 0) is 56.2 Å². The summed E-state index contributed by atoms with van der Waals surface area (Å²) in [6, 6.07) is 4.53. The summed E-state index contributed by atoms with van der Waals surface area (Å²) >= 11 is 0. The van der Waals surface area contributed by atoms with E-state index >= 15 is 0 Å². The van der Waals surface area contributed by atoms with Crippen LogP contribution >= 0.6 is 0 Å². The zero-order valence-electron chi connectivity index (χ0n) is 20.7. The number of hydrogen-bond acceptors (Lipinski definition) is 8. The average molecular weight is 514 g/mol. The maximum Gasteiger partial charge on any atom is 0.262 e. The molecular formula is C27H27N7O4. The van der Waals surface area contributed by atoms with Crippen LogP contribution in [0.5, 0.6) is 0 Å². The summed E-state index contributed by atoms with van der Waals surface area (Å²) in [5.74, 6) is -1.34. The van der Waals surface area contributed by atoms with Gasteiger partial charge < -0.3 is 5.32 Å². The predicted octanol–water partition coefficient (Wildman–Crippen LogP) is 2.58. The highest BCUT2D eigenvalue weighted by Crippen LogP contribution is 2.40. The zero-order valence-corrected chi connectivity index (χ0v) is 20.7. The van der Waals surface area contributed by atoms with Crippen LogP contribution in [0.25, 0.3) is 11.3 Å². The summed E-state index contributed by atoms with van der Waals surface area (Å²) in [6.45, 7) is 0.748. The smallest absolute Gasteiger partial charge is 0.262 e. The molecule has 0 radical (unpaired) electrons. The first kappa shape index (κ1) is 24.0. The molecule has 194 valence electrons. The van der Waals surface area contributed by atoms with Crippen molar-refractivity contribution in [3.63, 3.8) is 0 Å². The van der Waals surface area contributed by atoms with Crippen LogP contribution in [-0.4, -0.2) is 60.9 Å². The van der Waals surface area contributed by atoms with Crippen LogP contribution in [0, 0.1) is 5.92 Å². The first-order valence-electron chi connectivity index (χ1n) is 12.9. The lowest BCUT2D eigenvalue weighted by molar-refractivity contribution is -0.136. The van der Waals surface area contributed by atoms with Crippen LogP contribution in [0.15, 0.2) is 49.2 Å². The molecule has 4 heterocycles. The fourth-order valence-corrected chi connectivity index (χ4v) is 5.47. The quantitative estimate of drug-likeness (QED) is 0.346. The Balaban J connectivity index is 0.976. The number of carbonyl (C=O) groups is 4. The number of imide groups is 2. The topological polar surface area (TPSA) is 139 Å². The second-order valence-corrected chi connectivity index (χ2v) is 10.1. The molecular weight excluding hydrogens is 486 g/mol. The number of rotatable bonds is 8. The van der Waals surface area contributed by atoms with Crippen LogP contribution in [0.2, 0.25) is 0 Å². The summed E-state index contributed by atoms with van der Waals surface area (Å²) in [6.07, 6.45) is 13.4. The standard InChI is InChI=1S/C27H27N7O4/c35-24-6-5-23(25(36)32-24)34-26(37)20-4-3-18(12-21(20)27(34)38)29-7-1-2-16-10-19(11-16)33-15-17(13-31-33)22-14-28-8-9-30-22/h3-4,8-9,12-16,19,23,29H,1-2,5-7,10-11H2,(H,32,35,36)/t16-,19-,23?. The molecule has 11 nitrogen and oxygen atoms in total. The van der Waals surface area contributed by atoms with Gasteiger partial charge in [0.05, 0.1) is 35.3 Å². The van der Waals surface area contributed by atoms with Crippen LogP contribution < -0.4 is 10.6 Å². The third-order valence-corrected chi connectivity index (χ3v) is 7.60. The summed E-state index contributed by atoms with van der Waals surface area (Å²) in [4.78, 5) is 58.9. The Bertz CT molecular complexity index is 1410. The highest BCUT2D eigenvalue weighted by molar-refractivity contribution is 6.23. The Hall–Kier alpha value is -4.41. The van der Waals surface area contributed by atoms with Gasteiger partial charge in [-0.3, -0.25) is 44.0 Å². The molecule has 3 aromatic rings. The number of aromatic nitrogens is 4. The summed E-state index contributed by atoms with van der Waals surface area (Å²) in [7, 11) is 0. The Morgan fingerprint density at radius 2 is 1.87 bits per heavy atom. The fourth-order valence-electron chi connectivity index (χ4n) is 5.47. The van der Waals surface area contributed by atoms with Gasteiger partial charge in [0, 0.05) is 42.8 Å². The van der Waals surface area contributed by atoms with E-state index in [-0.39, 0.29) is 29.9 Å². The number of fused-ring (bicyclic) bond motifs is 1. The first-order chi connectivity index (χ1) is 18.5. The molecule has 4 amide bonds. The molecule has 1 aromatic carbocycles. The summed E-state index contributed by atoms with van der Waals surface area (Å²) < 4.78 is 2.03. The van der Waals surface area contributed by atoms with Crippen molar-refractivity contribution in [3.8, 4) is 11.3 Å². The lowest BCUT2D eigenvalue weighted by Gasteiger charge is -2.35. The van der Waals surface area contributed by atoms with E-state index in [4.69, 9.17) is 0 Å². The molecule has 1 aliphatic carbocycles. The van der Waals surface area contributed by atoms with Crippen molar-refractivity contribution in [2.75, 3.05) is 11.9 Å². The molecule has 1 saturated carbocycles. The molecule has 2 N–H and O–H groups in total. The van der Waals surface area contributed by atoms with Crippen LogP contribution in [0.3, 0.4) is 0 Å². The van der Waals surface area contributed by atoms with Gasteiger partial charge in [-0.2, -0.15) is 5.10 Å². The third-order valence-electron chi connectivity index (χ3n) is 7.60. The van der Waals surface area contributed by atoms with Gasteiger partial charge in [-0.25, -0.2) is 0 Å². The maximum absolute atomic E-state index is 13.0. The monoisotopic (exact) mass is 513 g/mol. The Morgan fingerprint density at radius 1 is 1.03 bits per heavy atom. The molecule has 11 heteroatoms. The SMILES string of the molecule is O=C1CCC(N2C(=O)c3ccc(NCCC[C@H]4C[C@H](n5cc(-c6cnccn6)cn5)C4)cc3C2=O)C(=O)N1. The minimum absolute atomic E-state index is 0.101. The molecule has 2 aromatic heterocycles. The highest BCUT2D eigenvalue weighted by Gasteiger charge is 2.44. The molecule has 2 fully saturated rings. The molecule has 3 aliphatic rings. The van der Waals surface area contributed by atoms with Gasteiger partial charge in [0.25, 0.3) is 11.8 Å². The second kappa shape index (κ2) is 9.81. The Labute approximate surface area is 218 Å². The van der Waals surface area contributed by atoms with Crippen molar-refractivity contribution in [3.05, 3.63) is 60.3 Å². The minimum atomic E-state index is -0.955. The van der Waals surface area contributed by atoms with Crippen molar-refractivity contribution >= 4 is 29.3 Å². The molecule has 2 aliphatic heterocycles. The number of benzene rings is 1. The van der Waals surface area contributed by atoms with Crippen molar-refractivity contribution in [1.29, 1.82) is 0 Å². The van der Waals surface area contributed by atoms with Gasteiger partial charge in [-0.15, -0.1) is 0 Å². The van der Waals surface area contributed by atoms with Crippen LogP contribution in [0.1, 0.15) is 65.3 Å². The van der Waals surface area contributed by atoms with Gasteiger partial charge >= 0.3 is 0 Å². The fraction of sp³-hybridized carbons (Fsp3) is 0.370. The number of anilines is 1. The van der Waals surface area contributed by atoms with E-state index in [9.17, 15) is 19.2 Å². The van der Waals surface area contributed by atoms with E-state index < -0.39 is 23.8 Å². The van der Waals surface area contributed by atoms with Gasteiger partial charge in [-0.1, -0.05) is 0 Å².